The predicted molar refractivity (Wildman–Crippen MR) is 64.3 cm³/mol. The van der Waals surface area contributed by atoms with E-state index < -0.39 is 5.79 Å². The third-order valence-corrected chi connectivity index (χ3v) is 2.72. The van der Waals surface area contributed by atoms with E-state index in [2.05, 4.69) is 5.92 Å². The minimum absolute atomic E-state index is 0.0615. The third-order valence-electron chi connectivity index (χ3n) is 2.72. The number of rotatable bonds is 4. The number of ether oxygens (including phenoxy) is 3. The molecular weight excluding hydrogens is 216 g/mol. The van der Waals surface area contributed by atoms with Crippen LogP contribution in [-0.2, 0) is 20.0 Å². The van der Waals surface area contributed by atoms with Gasteiger partial charge in [-0.25, -0.2) is 0 Å². The lowest BCUT2D eigenvalue weighted by Crippen LogP contribution is -2.25. The average Bonchev–Trinajstić information content (AvgIpc) is 2.74. The van der Waals surface area contributed by atoms with Crippen molar-refractivity contribution in [3.05, 3.63) is 35.9 Å². The zero-order valence-corrected chi connectivity index (χ0v) is 9.89. The molecule has 0 unspecified atom stereocenters. The van der Waals surface area contributed by atoms with Crippen molar-refractivity contribution in [1.29, 1.82) is 0 Å². The Bertz CT molecular complexity index is 396. The van der Waals surface area contributed by atoms with Gasteiger partial charge in [0.2, 0.25) is 0 Å². The summed E-state index contributed by atoms with van der Waals surface area (Å²) in [6.07, 6.45) is 5.05. The van der Waals surface area contributed by atoms with Gasteiger partial charge in [0.05, 0.1) is 13.2 Å². The maximum absolute atomic E-state index is 5.87. The van der Waals surface area contributed by atoms with Crippen LogP contribution in [0.2, 0.25) is 0 Å². The summed E-state index contributed by atoms with van der Waals surface area (Å²) >= 11 is 0. The van der Waals surface area contributed by atoms with Gasteiger partial charge in [-0.05, 0) is 6.92 Å². The van der Waals surface area contributed by atoms with Gasteiger partial charge in [-0.1, -0.05) is 36.3 Å². The van der Waals surface area contributed by atoms with E-state index in [0.717, 1.165) is 5.56 Å². The van der Waals surface area contributed by atoms with Gasteiger partial charge in [-0.3, -0.25) is 0 Å². The summed E-state index contributed by atoms with van der Waals surface area (Å²) in [7, 11) is 0. The Kier molecular flexibility index (Phi) is 3.80. The first-order chi connectivity index (χ1) is 8.24. The number of terminal acetylenes is 1. The van der Waals surface area contributed by atoms with Crippen LogP contribution in [0.3, 0.4) is 0 Å². The topological polar surface area (TPSA) is 27.7 Å². The summed E-state index contributed by atoms with van der Waals surface area (Å²) in [4.78, 5) is 0. The van der Waals surface area contributed by atoms with Gasteiger partial charge in [-0.15, -0.1) is 6.42 Å². The molecule has 1 aromatic carbocycles. The summed E-state index contributed by atoms with van der Waals surface area (Å²) in [6.45, 7) is 3.22. The summed E-state index contributed by atoms with van der Waals surface area (Å²) in [5, 5.41) is 0. The van der Waals surface area contributed by atoms with E-state index in [1.165, 1.54) is 0 Å². The fourth-order valence-corrected chi connectivity index (χ4v) is 1.86. The molecule has 0 radical (unpaired) electrons. The molecule has 0 N–H and O–H groups in total. The second kappa shape index (κ2) is 5.33. The van der Waals surface area contributed by atoms with Gasteiger partial charge < -0.3 is 14.2 Å². The Morgan fingerprint density at radius 2 is 2.24 bits per heavy atom. The zero-order chi connectivity index (χ0) is 12.1. The fourth-order valence-electron chi connectivity index (χ4n) is 1.86. The van der Waals surface area contributed by atoms with Crippen molar-refractivity contribution < 1.29 is 14.2 Å². The molecule has 3 heteroatoms. The quantitative estimate of drug-likeness (QED) is 0.586. The number of hydrogen-bond donors (Lipinski definition) is 0. The first-order valence-corrected chi connectivity index (χ1v) is 5.63. The highest BCUT2D eigenvalue weighted by atomic mass is 16.7. The predicted octanol–water partition coefficient (Wildman–Crippen LogP) is 1.92. The van der Waals surface area contributed by atoms with Crippen LogP contribution in [0.25, 0.3) is 0 Å². The van der Waals surface area contributed by atoms with Crippen molar-refractivity contribution in [2.75, 3.05) is 19.8 Å². The standard InChI is InChI=1S/C14H16O3/c1-3-9-15-10-13-11-16-14(2,17-13)12-7-5-4-6-8-12/h1,4-8,13H,9-11H2,2H3/t13-,14-/m0/s1. The number of hydrogen-bond acceptors (Lipinski definition) is 3. The molecule has 0 aliphatic carbocycles. The molecule has 1 aliphatic heterocycles. The van der Waals surface area contributed by atoms with Gasteiger partial charge >= 0.3 is 0 Å². The van der Waals surface area contributed by atoms with E-state index in [4.69, 9.17) is 20.6 Å². The average molecular weight is 232 g/mol. The van der Waals surface area contributed by atoms with Crippen LogP contribution < -0.4 is 0 Å². The fraction of sp³-hybridized carbons (Fsp3) is 0.429. The lowest BCUT2D eigenvalue weighted by atomic mass is 10.1. The van der Waals surface area contributed by atoms with Crippen LogP contribution in [0.1, 0.15) is 12.5 Å². The Balaban J connectivity index is 1.94. The first-order valence-electron chi connectivity index (χ1n) is 5.63. The molecule has 0 spiro atoms. The van der Waals surface area contributed by atoms with Gasteiger partial charge in [0.1, 0.15) is 12.7 Å². The molecule has 1 saturated heterocycles. The monoisotopic (exact) mass is 232 g/mol. The summed E-state index contributed by atoms with van der Waals surface area (Å²) in [5.41, 5.74) is 1.01. The maximum Gasteiger partial charge on any atom is 0.192 e. The van der Waals surface area contributed by atoms with E-state index in [0.29, 0.717) is 19.8 Å². The molecule has 0 aromatic heterocycles. The van der Waals surface area contributed by atoms with Gasteiger partial charge in [0.15, 0.2) is 5.79 Å². The minimum atomic E-state index is -0.675. The highest BCUT2D eigenvalue weighted by Gasteiger charge is 2.38. The molecule has 1 fully saturated rings. The Morgan fingerprint density at radius 3 is 2.94 bits per heavy atom. The largest absolute Gasteiger partial charge is 0.366 e. The molecule has 2 rings (SSSR count). The molecule has 17 heavy (non-hydrogen) atoms. The van der Waals surface area contributed by atoms with Crippen LogP contribution in [-0.4, -0.2) is 25.9 Å². The lowest BCUT2D eigenvalue weighted by Gasteiger charge is -2.23. The Morgan fingerprint density at radius 1 is 1.47 bits per heavy atom. The number of benzene rings is 1. The van der Waals surface area contributed by atoms with Crippen LogP contribution in [0, 0.1) is 12.3 Å². The van der Waals surface area contributed by atoms with Crippen molar-refractivity contribution >= 4 is 0 Å². The Hall–Kier alpha value is -1.34. The van der Waals surface area contributed by atoms with Crippen LogP contribution in [0.4, 0.5) is 0 Å². The molecule has 1 heterocycles. The maximum atomic E-state index is 5.87. The zero-order valence-electron chi connectivity index (χ0n) is 9.89. The van der Waals surface area contributed by atoms with E-state index in [-0.39, 0.29) is 6.10 Å². The molecule has 0 bridgehead atoms. The highest BCUT2D eigenvalue weighted by Crippen LogP contribution is 2.33. The summed E-state index contributed by atoms with van der Waals surface area (Å²) in [6, 6.07) is 9.88. The summed E-state index contributed by atoms with van der Waals surface area (Å²) in [5.74, 6) is 1.75. The van der Waals surface area contributed by atoms with Crippen molar-refractivity contribution in [3.8, 4) is 12.3 Å². The lowest BCUT2D eigenvalue weighted by molar-refractivity contribution is -0.166. The van der Waals surface area contributed by atoms with Crippen LogP contribution >= 0.6 is 0 Å². The Labute approximate surface area is 102 Å². The van der Waals surface area contributed by atoms with Crippen molar-refractivity contribution in [2.45, 2.75) is 18.8 Å². The van der Waals surface area contributed by atoms with E-state index in [1.54, 1.807) is 0 Å². The van der Waals surface area contributed by atoms with E-state index in [9.17, 15) is 0 Å². The smallest absolute Gasteiger partial charge is 0.192 e. The van der Waals surface area contributed by atoms with Gasteiger partial charge in [0.25, 0.3) is 0 Å². The van der Waals surface area contributed by atoms with Crippen molar-refractivity contribution in [2.24, 2.45) is 0 Å². The molecular formula is C14H16O3. The third kappa shape index (κ3) is 2.86. The van der Waals surface area contributed by atoms with Crippen molar-refractivity contribution in [3.63, 3.8) is 0 Å². The van der Waals surface area contributed by atoms with Crippen molar-refractivity contribution in [1.82, 2.24) is 0 Å². The molecule has 1 aromatic rings. The molecule has 0 amide bonds. The first kappa shape index (κ1) is 12.1. The van der Waals surface area contributed by atoms with Gasteiger partial charge in [0, 0.05) is 5.56 Å². The second-order valence-corrected chi connectivity index (χ2v) is 4.08. The second-order valence-electron chi connectivity index (χ2n) is 4.08. The highest BCUT2D eigenvalue weighted by molar-refractivity contribution is 5.20. The molecule has 3 nitrogen and oxygen atoms in total. The molecule has 90 valence electrons. The molecule has 0 saturated carbocycles. The van der Waals surface area contributed by atoms with Crippen LogP contribution in [0.5, 0.6) is 0 Å². The normalized spacial score (nSPS) is 27.9. The van der Waals surface area contributed by atoms with E-state index >= 15 is 0 Å². The summed E-state index contributed by atoms with van der Waals surface area (Å²) < 4.78 is 16.8. The minimum Gasteiger partial charge on any atom is -0.366 e. The van der Waals surface area contributed by atoms with Crippen LogP contribution in [0.15, 0.2) is 30.3 Å². The molecule has 1 aliphatic rings. The molecule has 2 atom stereocenters. The van der Waals surface area contributed by atoms with Gasteiger partial charge in [-0.2, -0.15) is 0 Å². The SMILES string of the molecule is C#CCOC[C@H]1CO[C@](C)(c2ccccc2)O1. The van der Waals surface area contributed by atoms with E-state index in [1.807, 2.05) is 37.3 Å².